The first-order valence-electron chi connectivity index (χ1n) is 5.45. The van der Waals surface area contributed by atoms with Crippen LogP contribution in [0.15, 0.2) is 0 Å². The van der Waals surface area contributed by atoms with Crippen molar-refractivity contribution in [3.8, 4) is 0 Å². The smallest absolute Gasteiger partial charge is 0.109 e. The second-order valence-corrected chi connectivity index (χ2v) is 4.45. The van der Waals surface area contributed by atoms with Gasteiger partial charge in [-0.15, -0.1) is 0 Å². The van der Waals surface area contributed by atoms with Crippen LogP contribution in [0.3, 0.4) is 0 Å². The van der Waals surface area contributed by atoms with Gasteiger partial charge in [0.2, 0.25) is 0 Å². The lowest BCUT2D eigenvalue weighted by Crippen LogP contribution is -2.07. The van der Waals surface area contributed by atoms with Gasteiger partial charge in [-0.1, -0.05) is 13.8 Å². The third-order valence-electron chi connectivity index (χ3n) is 2.69. The maximum Gasteiger partial charge on any atom is 0.109 e. The molecule has 1 aromatic rings. The van der Waals surface area contributed by atoms with Crippen molar-refractivity contribution < 1.29 is 0 Å². The van der Waals surface area contributed by atoms with E-state index in [1.165, 1.54) is 24.2 Å². The van der Waals surface area contributed by atoms with E-state index < -0.39 is 0 Å². The van der Waals surface area contributed by atoms with E-state index in [-0.39, 0.29) is 0 Å². The lowest BCUT2D eigenvalue weighted by Gasteiger charge is -1.98. The molecule has 0 amide bonds. The van der Waals surface area contributed by atoms with Crippen molar-refractivity contribution in [2.24, 2.45) is 0 Å². The van der Waals surface area contributed by atoms with Gasteiger partial charge in [0, 0.05) is 18.4 Å². The van der Waals surface area contributed by atoms with E-state index in [2.05, 4.69) is 24.1 Å². The predicted octanol–water partition coefficient (Wildman–Crippen LogP) is 2.13. The van der Waals surface area contributed by atoms with E-state index >= 15 is 0 Å². The Morgan fingerprint density at radius 1 is 1.50 bits per heavy atom. The van der Waals surface area contributed by atoms with Crippen molar-refractivity contribution in [1.29, 1.82) is 0 Å². The Morgan fingerprint density at radius 3 is 2.71 bits per heavy atom. The monoisotopic (exact) mass is 193 g/mol. The number of nitrogens with one attached hydrogen (secondary N) is 2. The molecule has 2 N–H and O–H groups in total. The zero-order chi connectivity index (χ0) is 10.1. The Bertz CT molecular complexity index is 310. The molecule has 0 bridgehead atoms. The van der Waals surface area contributed by atoms with Crippen LogP contribution >= 0.6 is 0 Å². The highest BCUT2D eigenvalue weighted by molar-refractivity contribution is 5.24. The molecule has 0 atom stereocenters. The third-order valence-corrected chi connectivity index (χ3v) is 2.69. The zero-order valence-corrected chi connectivity index (χ0v) is 9.22. The van der Waals surface area contributed by atoms with Gasteiger partial charge >= 0.3 is 0 Å². The van der Waals surface area contributed by atoms with Gasteiger partial charge in [-0.05, 0) is 19.9 Å². The molecule has 0 radical (unpaired) electrons. The van der Waals surface area contributed by atoms with E-state index in [0.717, 1.165) is 18.3 Å². The van der Waals surface area contributed by atoms with Crippen LogP contribution in [-0.4, -0.2) is 17.0 Å². The van der Waals surface area contributed by atoms with Gasteiger partial charge in [-0.2, -0.15) is 0 Å². The summed E-state index contributed by atoms with van der Waals surface area (Å²) in [5.41, 5.74) is 2.60. The number of aromatic amines is 1. The summed E-state index contributed by atoms with van der Waals surface area (Å²) in [5.74, 6) is 2.37. The first kappa shape index (κ1) is 9.71. The SMILES string of the molecule is CNCc1[nH]c(C(C)C)nc1C1CC1. The Morgan fingerprint density at radius 2 is 2.21 bits per heavy atom. The van der Waals surface area contributed by atoms with Gasteiger partial charge in [-0.3, -0.25) is 0 Å². The summed E-state index contributed by atoms with van der Waals surface area (Å²) in [6, 6.07) is 0. The van der Waals surface area contributed by atoms with Crippen molar-refractivity contribution in [2.45, 2.75) is 45.1 Å². The summed E-state index contributed by atoms with van der Waals surface area (Å²) in [6.07, 6.45) is 2.64. The summed E-state index contributed by atoms with van der Waals surface area (Å²) < 4.78 is 0. The lowest BCUT2D eigenvalue weighted by molar-refractivity contribution is 0.763. The fourth-order valence-electron chi connectivity index (χ4n) is 1.72. The van der Waals surface area contributed by atoms with Crippen LogP contribution < -0.4 is 5.32 Å². The van der Waals surface area contributed by atoms with Crippen LogP contribution in [0, 0.1) is 0 Å². The molecule has 3 nitrogen and oxygen atoms in total. The summed E-state index contributed by atoms with van der Waals surface area (Å²) >= 11 is 0. The topological polar surface area (TPSA) is 40.7 Å². The predicted molar refractivity (Wildman–Crippen MR) is 57.4 cm³/mol. The molecule has 0 saturated heterocycles. The standard InChI is InChI=1S/C11H19N3/c1-7(2)11-13-9(6-12-3)10(14-11)8-4-5-8/h7-8,12H,4-6H2,1-3H3,(H,13,14). The van der Waals surface area contributed by atoms with Crippen molar-refractivity contribution >= 4 is 0 Å². The number of hydrogen-bond donors (Lipinski definition) is 2. The molecule has 0 aliphatic heterocycles. The molecule has 14 heavy (non-hydrogen) atoms. The third kappa shape index (κ3) is 1.82. The first-order chi connectivity index (χ1) is 6.72. The minimum absolute atomic E-state index is 0.498. The Kier molecular flexibility index (Phi) is 2.59. The van der Waals surface area contributed by atoms with Gasteiger partial charge in [0.25, 0.3) is 0 Å². The molecule has 2 rings (SSSR count). The van der Waals surface area contributed by atoms with Crippen molar-refractivity contribution in [3.05, 3.63) is 17.2 Å². The van der Waals surface area contributed by atoms with Gasteiger partial charge in [0.05, 0.1) is 11.4 Å². The van der Waals surface area contributed by atoms with Crippen molar-refractivity contribution in [2.75, 3.05) is 7.05 Å². The fourth-order valence-corrected chi connectivity index (χ4v) is 1.72. The van der Waals surface area contributed by atoms with Crippen molar-refractivity contribution in [3.63, 3.8) is 0 Å². The van der Waals surface area contributed by atoms with Crippen LogP contribution in [0.25, 0.3) is 0 Å². The Balaban J connectivity index is 2.25. The van der Waals surface area contributed by atoms with Crippen LogP contribution in [-0.2, 0) is 6.54 Å². The fraction of sp³-hybridized carbons (Fsp3) is 0.727. The van der Waals surface area contributed by atoms with Crippen molar-refractivity contribution in [1.82, 2.24) is 15.3 Å². The molecule has 0 unspecified atom stereocenters. The van der Waals surface area contributed by atoms with Crippen LogP contribution in [0.4, 0.5) is 0 Å². The molecule has 0 spiro atoms. The highest BCUT2D eigenvalue weighted by atomic mass is 15.0. The lowest BCUT2D eigenvalue weighted by atomic mass is 10.2. The van der Waals surface area contributed by atoms with Gasteiger partial charge in [0.15, 0.2) is 0 Å². The highest BCUT2D eigenvalue weighted by Crippen LogP contribution is 2.41. The van der Waals surface area contributed by atoms with E-state index in [4.69, 9.17) is 4.98 Å². The highest BCUT2D eigenvalue weighted by Gasteiger charge is 2.29. The van der Waals surface area contributed by atoms with Gasteiger partial charge in [0.1, 0.15) is 5.82 Å². The summed E-state index contributed by atoms with van der Waals surface area (Å²) in [6.45, 7) is 5.27. The molecule has 1 heterocycles. The van der Waals surface area contributed by atoms with Gasteiger partial charge in [-0.25, -0.2) is 4.98 Å². The summed E-state index contributed by atoms with van der Waals surface area (Å²) in [5, 5.41) is 3.19. The maximum absolute atomic E-state index is 4.69. The molecular weight excluding hydrogens is 174 g/mol. The van der Waals surface area contributed by atoms with Crippen LogP contribution in [0.1, 0.15) is 55.7 Å². The van der Waals surface area contributed by atoms with E-state index in [1.807, 2.05) is 7.05 Å². The van der Waals surface area contributed by atoms with Gasteiger partial charge < -0.3 is 10.3 Å². The first-order valence-corrected chi connectivity index (χ1v) is 5.45. The average molecular weight is 193 g/mol. The van der Waals surface area contributed by atoms with Crippen LogP contribution in [0.2, 0.25) is 0 Å². The second-order valence-electron chi connectivity index (χ2n) is 4.45. The summed E-state index contributed by atoms with van der Waals surface area (Å²) in [4.78, 5) is 8.12. The minimum atomic E-state index is 0.498. The maximum atomic E-state index is 4.69. The molecule has 1 saturated carbocycles. The average Bonchev–Trinajstić information content (AvgIpc) is 2.89. The largest absolute Gasteiger partial charge is 0.344 e. The molecule has 1 fully saturated rings. The molecule has 0 aromatic carbocycles. The summed E-state index contributed by atoms with van der Waals surface area (Å²) in [7, 11) is 1.98. The van der Waals surface area contributed by atoms with E-state index in [1.54, 1.807) is 0 Å². The second kappa shape index (κ2) is 3.73. The number of hydrogen-bond acceptors (Lipinski definition) is 2. The number of imidazole rings is 1. The Labute approximate surface area is 85.3 Å². The minimum Gasteiger partial charge on any atom is -0.344 e. The molecule has 1 aliphatic carbocycles. The molecule has 1 aromatic heterocycles. The molecule has 3 heteroatoms. The molecule has 1 aliphatic rings. The zero-order valence-electron chi connectivity index (χ0n) is 9.22. The Hall–Kier alpha value is -0.830. The number of H-pyrrole nitrogens is 1. The number of nitrogens with zero attached hydrogens (tertiary/aromatic N) is 1. The van der Waals surface area contributed by atoms with E-state index in [9.17, 15) is 0 Å². The molecule has 78 valence electrons. The molecular formula is C11H19N3. The van der Waals surface area contributed by atoms with Crippen LogP contribution in [0.5, 0.6) is 0 Å². The number of rotatable bonds is 4. The van der Waals surface area contributed by atoms with E-state index in [0.29, 0.717) is 5.92 Å². The number of aromatic nitrogens is 2. The normalized spacial score (nSPS) is 16.6. The quantitative estimate of drug-likeness (QED) is 0.769.